The third-order valence-corrected chi connectivity index (χ3v) is 4.25. The molecule has 2 aromatic carbocycles. The van der Waals surface area contributed by atoms with Crippen LogP contribution in [0.25, 0.3) is 28.0 Å². The second-order valence-corrected chi connectivity index (χ2v) is 6.15. The van der Waals surface area contributed by atoms with Crippen LogP contribution in [-0.2, 0) is 11.3 Å². The molecule has 3 N–H and O–H groups in total. The first-order valence-corrected chi connectivity index (χ1v) is 8.52. The second-order valence-electron chi connectivity index (χ2n) is 6.15. The molecule has 4 aromatic rings. The van der Waals surface area contributed by atoms with Gasteiger partial charge in [-0.25, -0.2) is 0 Å². The van der Waals surface area contributed by atoms with Gasteiger partial charge in [0.25, 0.3) is 5.56 Å². The lowest BCUT2D eigenvalue weighted by Crippen LogP contribution is -2.20. The Bertz CT molecular complexity index is 1320. The highest BCUT2D eigenvalue weighted by atomic mass is 16.1. The fourth-order valence-corrected chi connectivity index (χ4v) is 2.84. The number of aromatic nitrogens is 4. The van der Waals surface area contributed by atoms with E-state index < -0.39 is 11.0 Å². The van der Waals surface area contributed by atoms with E-state index in [1.807, 2.05) is 30.3 Å². The summed E-state index contributed by atoms with van der Waals surface area (Å²) < 4.78 is 0. The lowest BCUT2D eigenvalue weighted by Gasteiger charge is -2.02. The van der Waals surface area contributed by atoms with Gasteiger partial charge < -0.3 is 10.3 Å². The van der Waals surface area contributed by atoms with E-state index in [9.17, 15) is 14.4 Å². The molecule has 8 nitrogen and oxygen atoms in total. The zero-order valence-electron chi connectivity index (χ0n) is 14.6. The van der Waals surface area contributed by atoms with Crippen molar-refractivity contribution >= 4 is 33.9 Å². The molecule has 4 rings (SSSR count). The van der Waals surface area contributed by atoms with Crippen molar-refractivity contribution in [2.75, 3.05) is 0 Å². The van der Waals surface area contributed by atoms with Gasteiger partial charge >= 0.3 is 0 Å². The SMILES string of the molecule is O=C(C=Cc1ccc2c(=O)c3n[nH]nc3c(=O)[nH]c2c1)NCc1ccccc1. The highest BCUT2D eigenvalue weighted by molar-refractivity contribution is 5.93. The number of hydrogen-bond acceptors (Lipinski definition) is 5. The average Bonchev–Trinajstić information content (AvgIpc) is 3.18. The maximum Gasteiger partial charge on any atom is 0.278 e. The Balaban J connectivity index is 1.60. The first-order valence-electron chi connectivity index (χ1n) is 8.52. The Hall–Kier alpha value is -4.07. The van der Waals surface area contributed by atoms with Gasteiger partial charge in [-0.2, -0.15) is 15.4 Å². The van der Waals surface area contributed by atoms with Crippen LogP contribution in [0.2, 0.25) is 0 Å². The molecule has 0 atom stereocenters. The molecule has 0 saturated heterocycles. The van der Waals surface area contributed by atoms with Crippen molar-refractivity contribution in [2.45, 2.75) is 6.54 Å². The molecule has 0 unspecified atom stereocenters. The minimum absolute atomic E-state index is 0.0140. The molecule has 28 heavy (non-hydrogen) atoms. The van der Waals surface area contributed by atoms with Gasteiger partial charge in [-0.15, -0.1) is 0 Å². The van der Waals surface area contributed by atoms with Gasteiger partial charge in [0.05, 0.1) is 5.52 Å². The van der Waals surface area contributed by atoms with E-state index in [0.29, 0.717) is 23.0 Å². The number of carbonyl (C=O) groups excluding carboxylic acids is 1. The number of fused-ring (bicyclic) bond motifs is 2. The molecule has 0 spiro atoms. The normalized spacial score (nSPS) is 11.3. The molecule has 2 heterocycles. The third kappa shape index (κ3) is 3.43. The van der Waals surface area contributed by atoms with E-state index in [4.69, 9.17) is 0 Å². The summed E-state index contributed by atoms with van der Waals surface area (Å²) in [6, 6.07) is 14.5. The van der Waals surface area contributed by atoms with Gasteiger partial charge in [0.15, 0.2) is 11.0 Å². The quantitative estimate of drug-likeness (QED) is 0.468. The molecule has 0 fully saturated rings. The lowest BCUT2D eigenvalue weighted by atomic mass is 10.1. The molecular formula is C20H15N5O3. The molecule has 0 radical (unpaired) electrons. The van der Waals surface area contributed by atoms with E-state index in [0.717, 1.165) is 5.56 Å². The molecular weight excluding hydrogens is 358 g/mol. The Morgan fingerprint density at radius 1 is 1.04 bits per heavy atom. The van der Waals surface area contributed by atoms with Crippen molar-refractivity contribution in [1.29, 1.82) is 0 Å². The van der Waals surface area contributed by atoms with Crippen molar-refractivity contribution in [3.63, 3.8) is 0 Å². The maximum absolute atomic E-state index is 12.5. The Labute approximate surface area is 157 Å². The fourth-order valence-electron chi connectivity index (χ4n) is 2.84. The van der Waals surface area contributed by atoms with Crippen LogP contribution in [0, 0.1) is 0 Å². The lowest BCUT2D eigenvalue weighted by molar-refractivity contribution is -0.116. The van der Waals surface area contributed by atoms with Gasteiger partial charge in [-0.05, 0) is 29.3 Å². The van der Waals surface area contributed by atoms with E-state index in [2.05, 4.69) is 25.7 Å². The van der Waals surface area contributed by atoms with E-state index in [1.165, 1.54) is 6.08 Å². The summed E-state index contributed by atoms with van der Waals surface area (Å²) in [6.07, 6.45) is 3.01. The zero-order chi connectivity index (χ0) is 19.5. The van der Waals surface area contributed by atoms with Gasteiger partial charge in [0.1, 0.15) is 0 Å². The summed E-state index contributed by atoms with van der Waals surface area (Å²) in [7, 11) is 0. The number of H-pyrrole nitrogens is 2. The predicted octanol–water partition coefficient (Wildman–Crippen LogP) is 1.49. The number of carbonyl (C=O) groups is 1. The first kappa shape index (κ1) is 17.3. The summed E-state index contributed by atoms with van der Waals surface area (Å²) in [5.74, 6) is -0.247. The van der Waals surface area contributed by atoms with Gasteiger partial charge in [-0.3, -0.25) is 14.4 Å². The van der Waals surface area contributed by atoms with Crippen molar-refractivity contribution in [2.24, 2.45) is 0 Å². The Morgan fingerprint density at radius 3 is 2.64 bits per heavy atom. The minimum Gasteiger partial charge on any atom is -0.348 e. The molecule has 2 aromatic heterocycles. The molecule has 0 bridgehead atoms. The van der Waals surface area contributed by atoms with Crippen LogP contribution in [-0.4, -0.2) is 26.3 Å². The number of nitrogens with one attached hydrogen (secondary N) is 3. The molecule has 1 amide bonds. The largest absolute Gasteiger partial charge is 0.348 e. The standard InChI is InChI=1S/C20H15N5O3/c26-16(21-11-13-4-2-1-3-5-13)9-7-12-6-8-14-15(10-12)22-20(28)18-17(19(14)27)23-25-24-18/h1-10H,11H2,(H,21,26)(H,22,28)(H,23,24,25). The number of nitrogens with zero attached hydrogens (tertiary/aromatic N) is 2. The minimum atomic E-state index is -0.516. The predicted molar refractivity (Wildman–Crippen MR) is 106 cm³/mol. The van der Waals surface area contributed by atoms with Crippen LogP contribution >= 0.6 is 0 Å². The molecule has 0 saturated carbocycles. The van der Waals surface area contributed by atoms with Gasteiger partial charge in [-0.1, -0.05) is 36.4 Å². The van der Waals surface area contributed by atoms with Crippen molar-refractivity contribution < 1.29 is 4.79 Å². The number of benzene rings is 2. The molecule has 0 aliphatic carbocycles. The highest BCUT2D eigenvalue weighted by Crippen LogP contribution is 2.12. The van der Waals surface area contributed by atoms with Crippen molar-refractivity contribution in [3.8, 4) is 0 Å². The molecule has 0 aliphatic rings. The van der Waals surface area contributed by atoms with Crippen LogP contribution in [0.5, 0.6) is 0 Å². The molecule has 8 heteroatoms. The van der Waals surface area contributed by atoms with Crippen LogP contribution < -0.4 is 16.3 Å². The van der Waals surface area contributed by atoms with E-state index in [1.54, 1.807) is 24.3 Å². The van der Waals surface area contributed by atoms with Crippen molar-refractivity contribution in [1.82, 2.24) is 25.7 Å². The van der Waals surface area contributed by atoms with Crippen LogP contribution in [0.3, 0.4) is 0 Å². The zero-order valence-corrected chi connectivity index (χ0v) is 14.6. The summed E-state index contributed by atoms with van der Waals surface area (Å²) in [5, 5.41) is 12.9. The van der Waals surface area contributed by atoms with E-state index >= 15 is 0 Å². The van der Waals surface area contributed by atoms with Crippen molar-refractivity contribution in [3.05, 3.63) is 86.3 Å². The average molecular weight is 373 g/mol. The number of rotatable bonds is 4. The monoisotopic (exact) mass is 373 g/mol. The van der Waals surface area contributed by atoms with Gasteiger partial charge in [0.2, 0.25) is 11.3 Å². The van der Waals surface area contributed by atoms with Crippen LogP contribution in [0.4, 0.5) is 0 Å². The summed E-state index contributed by atoms with van der Waals surface area (Å²) in [4.78, 5) is 39.4. The fraction of sp³-hybridized carbons (Fsp3) is 0.0500. The number of aromatic amines is 2. The van der Waals surface area contributed by atoms with Gasteiger partial charge in [0, 0.05) is 18.0 Å². The molecule has 138 valence electrons. The highest BCUT2D eigenvalue weighted by Gasteiger charge is 2.09. The van der Waals surface area contributed by atoms with E-state index in [-0.39, 0.29) is 16.9 Å². The first-order chi connectivity index (χ1) is 13.6. The smallest absolute Gasteiger partial charge is 0.278 e. The number of amides is 1. The Kier molecular flexibility index (Phi) is 4.51. The Morgan fingerprint density at radius 2 is 1.82 bits per heavy atom. The summed E-state index contributed by atoms with van der Waals surface area (Å²) in [6.45, 7) is 0.428. The van der Waals surface area contributed by atoms with Crippen LogP contribution in [0.1, 0.15) is 11.1 Å². The third-order valence-electron chi connectivity index (χ3n) is 4.25. The summed E-state index contributed by atoms with van der Waals surface area (Å²) in [5.41, 5.74) is 1.04. The number of hydrogen-bond donors (Lipinski definition) is 3. The second kappa shape index (κ2) is 7.28. The summed E-state index contributed by atoms with van der Waals surface area (Å²) >= 11 is 0. The van der Waals surface area contributed by atoms with Crippen LogP contribution in [0.15, 0.2) is 64.2 Å². The topological polar surface area (TPSA) is 121 Å². The maximum atomic E-state index is 12.5. The molecule has 0 aliphatic heterocycles.